The van der Waals surface area contributed by atoms with Gasteiger partial charge >= 0.3 is 6.18 Å². The molecule has 1 aromatic rings. The summed E-state index contributed by atoms with van der Waals surface area (Å²) >= 11 is 0. The summed E-state index contributed by atoms with van der Waals surface area (Å²) in [4.78, 5) is 0. The normalized spacial score (nSPS) is 13.0. The van der Waals surface area contributed by atoms with E-state index in [0.717, 1.165) is 31.0 Å². The van der Waals surface area contributed by atoms with Gasteiger partial charge in [0.15, 0.2) is 0 Å². The molecule has 1 rings (SSSR count). The lowest BCUT2D eigenvalue weighted by Crippen LogP contribution is -2.17. The van der Waals surface area contributed by atoms with Crippen LogP contribution in [0.4, 0.5) is 17.6 Å². The number of rotatable bonds is 4. The van der Waals surface area contributed by atoms with Crippen LogP contribution in [0, 0.1) is 5.82 Å². The van der Waals surface area contributed by atoms with Crippen molar-refractivity contribution in [2.24, 2.45) is 5.73 Å². The fourth-order valence-corrected chi connectivity index (χ4v) is 1.68. The smallest absolute Gasteiger partial charge is 0.324 e. The summed E-state index contributed by atoms with van der Waals surface area (Å²) in [5.41, 5.74) is 4.67. The summed E-state index contributed by atoms with van der Waals surface area (Å²) in [6.45, 7) is 1.92. The fraction of sp³-hybridized carbons (Fsp3) is 0.500. The van der Waals surface area contributed by atoms with E-state index in [1.54, 1.807) is 0 Å². The van der Waals surface area contributed by atoms with Crippen molar-refractivity contribution in [1.29, 1.82) is 0 Å². The van der Waals surface area contributed by atoms with Crippen LogP contribution in [-0.2, 0) is 6.18 Å². The van der Waals surface area contributed by atoms with Gasteiger partial charge in [0.25, 0.3) is 0 Å². The van der Waals surface area contributed by atoms with E-state index in [1.807, 2.05) is 6.92 Å². The molecular weight excluding hydrogens is 270 g/mol. The second-order valence-electron chi connectivity index (χ2n) is 3.98. The molecule has 0 aliphatic heterocycles. The van der Waals surface area contributed by atoms with E-state index in [2.05, 4.69) is 0 Å². The Labute approximate surface area is 110 Å². The Balaban J connectivity index is 0.00000289. The highest BCUT2D eigenvalue weighted by Crippen LogP contribution is 2.35. The van der Waals surface area contributed by atoms with Crippen molar-refractivity contribution in [2.75, 3.05) is 0 Å². The van der Waals surface area contributed by atoms with E-state index in [-0.39, 0.29) is 18.0 Å². The third-order valence-corrected chi connectivity index (χ3v) is 2.59. The van der Waals surface area contributed by atoms with Crippen molar-refractivity contribution in [1.82, 2.24) is 0 Å². The van der Waals surface area contributed by atoms with E-state index < -0.39 is 23.6 Å². The fourth-order valence-electron chi connectivity index (χ4n) is 1.68. The van der Waals surface area contributed by atoms with Crippen LogP contribution in [0.5, 0.6) is 0 Å². The predicted molar refractivity (Wildman–Crippen MR) is 65.1 cm³/mol. The van der Waals surface area contributed by atoms with Gasteiger partial charge in [-0.1, -0.05) is 19.8 Å². The van der Waals surface area contributed by atoms with Gasteiger partial charge in [-0.15, -0.1) is 12.4 Å². The average Bonchev–Trinajstić information content (AvgIpc) is 2.24. The Hall–Kier alpha value is -0.810. The van der Waals surface area contributed by atoms with Crippen molar-refractivity contribution in [3.8, 4) is 0 Å². The van der Waals surface area contributed by atoms with Gasteiger partial charge in [-0.3, -0.25) is 0 Å². The summed E-state index contributed by atoms with van der Waals surface area (Å²) < 4.78 is 51.0. The number of nitrogens with two attached hydrogens (primary N) is 1. The highest BCUT2D eigenvalue weighted by atomic mass is 35.5. The lowest BCUT2D eigenvalue weighted by molar-refractivity contribution is -0.138. The van der Waals surface area contributed by atoms with Crippen molar-refractivity contribution in [2.45, 2.75) is 38.4 Å². The molecule has 104 valence electrons. The van der Waals surface area contributed by atoms with Gasteiger partial charge in [-0.05, 0) is 30.2 Å². The van der Waals surface area contributed by atoms with Gasteiger partial charge in [0.05, 0.1) is 5.56 Å². The molecule has 0 heterocycles. The molecule has 1 nitrogen and oxygen atoms in total. The van der Waals surface area contributed by atoms with Crippen molar-refractivity contribution < 1.29 is 17.6 Å². The number of unbranched alkanes of at least 4 members (excludes halogenated alkanes) is 1. The van der Waals surface area contributed by atoms with Crippen LogP contribution in [-0.4, -0.2) is 0 Å². The first kappa shape index (κ1) is 17.2. The minimum absolute atomic E-state index is 0. The van der Waals surface area contributed by atoms with E-state index in [9.17, 15) is 17.6 Å². The molecule has 0 unspecified atom stereocenters. The topological polar surface area (TPSA) is 26.0 Å². The molecule has 6 heteroatoms. The zero-order valence-corrected chi connectivity index (χ0v) is 10.7. The van der Waals surface area contributed by atoms with Gasteiger partial charge < -0.3 is 5.73 Å². The van der Waals surface area contributed by atoms with Gasteiger partial charge in [0.1, 0.15) is 5.82 Å². The lowest BCUT2D eigenvalue weighted by atomic mass is 9.96. The van der Waals surface area contributed by atoms with Crippen LogP contribution in [0.2, 0.25) is 0 Å². The number of halogens is 5. The zero-order chi connectivity index (χ0) is 13.1. The van der Waals surface area contributed by atoms with Crippen LogP contribution in [0.25, 0.3) is 0 Å². The first-order valence-corrected chi connectivity index (χ1v) is 5.48. The standard InChI is InChI=1S/C12H15F4N.ClH/c1-2-3-4-11(17)9-7-8(13)5-6-10(9)12(14,15)16;/h5-7,11H,2-4,17H2,1H3;1H/t11-;/m1./s1. The molecule has 18 heavy (non-hydrogen) atoms. The van der Waals surface area contributed by atoms with Crippen LogP contribution in [0.3, 0.4) is 0 Å². The average molecular weight is 286 g/mol. The van der Waals surface area contributed by atoms with Crippen LogP contribution in [0.15, 0.2) is 18.2 Å². The maximum atomic E-state index is 13.0. The molecule has 0 aliphatic carbocycles. The first-order chi connectivity index (χ1) is 7.86. The van der Waals surface area contributed by atoms with Gasteiger partial charge in [0, 0.05) is 6.04 Å². The quantitative estimate of drug-likeness (QED) is 0.812. The largest absolute Gasteiger partial charge is 0.416 e. The highest BCUT2D eigenvalue weighted by molar-refractivity contribution is 5.85. The second-order valence-corrected chi connectivity index (χ2v) is 3.98. The zero-order valence-electron chi connectivity index (χ0n) is 9.93. The highest BCUT2D eigenvalue weighted by Gasteiger charge is 2.34. The molecule has 2 N–H and O–H groups in total. The van der Waals surface area contributed by atoms with E-state index in [4.69, 9.17) is 5.73 Å². The van der Waals surface area contributed by atoms with E-state index in [1.165, 1.54) is 0 Å². The number of alkyl halides is 3. The lowest BCUT2D eigenvalue weighted by Gasteiger charge is -2.18. The first-order valence-electron chi connectivity index (χ1n) is 5.48. The molecule has 0 radical (unpaired) electrons. The van der Waals surface area contributed by atoms with Gasteiger partial charge in [-0.25, -0.2) is 4.39 Å². The van der Waals surface area contributed by atoms with Crippen molar-refractivity contribution >= 4 is 12.4 Å². The molecule has 0 saturated heterocycles. The van der Waals surface area contributed by atoms with Crippen LogP contribution in [0.1, 0.15) is 43.4 Å². The third kappa shape index (κ3) is 4.46. The number of hydrogen-bond acceptors (Lipinski definition) is 1. The SMILES string of the molecule is CCCC[C@@H](N)c1cc(F)ccc1C(F)(F)F.Cl. The predicted octanol–water partition coefficient (Wildman–Crippen LogP) is 4.46. The summed E-state index contributed by atoms with van der Waals surface area (Å²) in [6, 6.07) is 1.65. The minimum Gasteiger partial charge on any atom is -0.324 e. The molecule has 0 saturated carbocycles. The Morgan fingerprint density at radius 3 is 2.39 bits per heavy atom. The molecular formula is C12H16ClF4N. The number of benzene rings is 1. The minimum atomic E-state index is -4.49. The Morgan fingerprint density at radius 2 is 1.89 bits per heavy atom. The second kappa shape index (κ2) is 6.95. The Kier molecular flexibility index (Phi) is 6.63. The maximum absolute atomic E-state index is 13.0. The van der Waals surface area contributed by atoms with Gasteiger partial charge in [0.2, 0.25) is 0 Å². The summed E-state index contributed by atoms with van der Waals surface area (Å²) in [5, 5.41) is 0. The van der Waals surface area contributed by atoms with Crippen molar-refractivity contribution in [3.63, 3.8) is 0 Å². The maximum Gasteiger partial charge on any atom is 0.416 e. The third-order valence-electron chi connectivity index (χ3n) is 2.59. The molecule has 1 atom stereocenters. The monoisotopic (exact) mass is 285 g/mol. The van der Waals surface area contributed by atoms with E-state index in [0.29, 0.717) is 6.42 Å². The molecule has 0 aliphatic rings. The van der Waals surface area contributed by atoms with Crippen molar-refractivity contribution in [3.05, 3.63) is 35.1 Å². The molecule has 0 amide bonds. The molecule has 0 bridgehead atoms. The van der Waals surface area contributed by atoms with Gasteiger partial charge in [-0.2, -0.15) is 13.2 Å². The molecule has 0 aromatic heterocycles. The van der Waals surface area contributed by atoms with Crippen LogP contribution < -0.4 is 5.73 Å². The molecule has 1 aromatic carbocycles. The van der Waals surface area contributed by atoms with Crippen LogP contribution >= 0.6 is 12.4 Å². The molecule has 0 spiro atoms. The summed E-state index contributed by atoms with van der Waals surface area (Å²) in [5.74, 6) is -0.694. The summed E-state index contributed by atoms with van der Waals surface area (Å²) in [7, 11) is 0. The Bertz CT molecular complexity index is 379. The van der Waals surface area contributed by atoms with E-state index >= 15 is 0 Å². The molecule has 0 fully saturated rings. The summed E-state index contributed by atoms with van der Waals surface area (Å²) in [6.07, 6.45) is -2.52. The Morgan fingerprint density at radius 1 is 1.28 bits per heavy atom. The number of hydrogen-bond donors (Lipinski definition) is 1.